The molecule has 0 atom stereocenters. The van der Waals surface area contributed by atoms with E-state index in [1.807, 2.05) is 18.5 Å². The van der Waals surface area contributed by atoms with Crippen LogP contribution in [0.5, 0.6) is 0 Å². The van der Waals surface area contributed by atoms with Crippen molar-refractivity contribution < 1.29 is 13.2 Å². The fraction of sp³-hybridized carbons (Fsp3) is 0.333. The number of amides is 1. The maximum absolute atomic E-state index is 12.4. The third-order valence-corrected chi connectivity index (χ3v) is 7.74. The summed E-state index contributed by atoms with van der Waals surface area (Å²) in [4.78, 5) is 17.4. The topological polar surface area (TPSA) is 68.5 Å². The third-order valence-electron chi connectivity index (χ3n) is 4.83. The van der Waals surface area contributed by atoms with Crippen molar-refractivity contribution in [1.82, 2.24) is 4.57 Å². The summed E-state index contributed by atoms with van der Waals surface area (Å²) in [7, 11) is -1.49. The van der Waals surface area contributed by atoms with Crippen molar-refractivity contribution in [3.8, 4) is 0 Å². The van der Waals surface area contributed by atoms with Crippen molar-refractivity contribution in [1.29, 1.82) is 0 Å². The summed E-state index contributed by atoms with van der Waals surface area (Å²) in [5.41, 5.74) is 4.45. The van der Waals surface area contributed by atoms with Crippen LogP contribution in [0.15, 0.2) is 46.3 Å². The van der Waals surface area contributed by atoms with Crippen LogP contribution in [-0.4, -0.2) is 24.6 Å². The van der Waals surface area contributed by atoms with E-state index >= 15 is 0 Å². The number of aryl methyl sites for hydroxylation is 4. The van der Waals surface area contributed by atoms with E-state index in [4.69, 9.17) is 0 Å². The molecular formula is C21H24N2O3S2. The monoisotopic (exact) mass is 416 g/mol. The van der Waals surface area contributed by atoms with E-state index in [1.54, 1.807) is 24.3 Å². The normalized spacial score (nSPS) is 12.6. The standard InChI is InChI=1S/C21H24N2O3S2/c1-14-7-9-17(10-8-14)28(25,26)11-5-6-20(24)22-21-23(4)18-12-15(2)16(3)13-19(18)27-21/h7-10,12-13H,5-6,11H2,1-4H3. The van der Waals surface area contributed by atoms with Gasteiger partial charge in [-0.25, -0.2) is 8.42 Å². The molecule has 0 aliphatic heterocycles. The molecular weight excluding hydrogens is 392 g/mol. The van der Waals surface area contributed by atoms with Crippen molar-refractivity contribution in [2.45, 2.75) is 38.5 Å². The maximum Gasteiger partial charge on any atom is 0.248 e. The lowest BCUT2D eigenvalue weighted by Crippen LogP contribution is -2.14. The van der Waals surface area contributed by atoms with Crippen LogP contribution in [0.2, 0.25) is 0 Å². The minimum absolute atomic E-state index is 0.0613. The molecule has 28 heavy (non-hydrogen) atoms. The number of sulfone groups is 1. The van der Waals surface area contributed by atoms with Gasteiger partial charge in [-0.05, 0) is 62.6 Å². The highest BCUT2D eigenvalue weighted by molar-refractivity contribution is 7.91. The molecule has 7 heteroatoms. The Hall–Kier alpha value is -2.25. The molecule has 0 saturated heterocycles. The number of carbonyl (C=O) groups is 1. The minimum atomic E-state index is -3.38. The molecule has 0 saturated carbocycles. The second-order valence-corrected chi connectivity index (χ2v) is 10.2. The number of thiazole rings is 1. The first kappa shape index (κ1) is 20.5. The van der Waals surface area contributed by atoms with Crippen LogP contribution in [0, 0.1) is 20.8 Å². The Morgan fingerprint density at radius 3 is 2.39 bits per heavy atom. The molecule has 0 fully saturated rings. The Bertz CT molecular complexity index is 1200. The second kappa shape index (κ2) is 8.01. The molecule has 1 heterocycles. The lowest BCUT2D eigenvalue weighted by Gasteiger charge is -2.04. The SMILES string of the molecule is Cc1ccc(S(=O)(=O)CCCC(=O)N=c2sc3cc(C)c(C)cc3n2C)cc1. The molecule has 5 nitrogen and oxygen atoms in total. The van der Waals surface area contributed by atoms with Crippen molar-refractivity contribution in [2.75, 3.05) is 5.75 Å². The van der Waals surface area contributed by atoms with Crippen molar-refractivity contribution in [2.24, 2.45) is 12.0 Å². The summed E-state index contributed by atoms with van der Waals surface area (Å²) in [6.45, 7) is 6.03. The molecule has 0 bridgehead atoms. The summed E-state index contributed by atoms with van der Waals surface area (Å²) in [5, 5.41) is 0. The van der Waals surface area contributed by atoms with Gasteiger partial charge in [0.15, 0.2) is 14.6 Å². The number of hydrogen-bond acceptors (Lipinski definition) is 4. The number of aromatic nitrogens is 1. The predicted octanol–water partition coefficient (Wildman–Crippen LogP) is 3.85. The second-order valence-electron chi connectivity index (χ2n) is 7.09. The number of benzene rings is 2. The molecule has 2 aromatic carbocycles. The molecule has 0 N–H and O–H groups in total. The van der Waals surface area contributed by atoms with Crippen LogP contribution < -0.4 is 4.80 Å². The fourth-order valence-corrected chi connectivity index (χ4v) is 5.35. The first-order valence-corrected chi connectivity index (χ1v) is 11.6. The highest BCUT2D eigenvalue weighted by Crippen LogP contribution is 2.21. The number of fused-ring (bicyclic) bond motifs is 1. The first-order chi connectivity index (χ1) is 13.2. The quantitative estimate of drug-likeness (QED) is 0.634. The Morgan fingerprint density at radius 1 is 1.07 bits per heavy atom. The van der Waals surface area contributed by atoms with Crippen LogP contribution in [0.1, 0.15) is 29.5 Å². The Balaban J connectivity index is 1.71. The number of rotatable bonds is 5. The van der Waals surface area contributed by atoms with Crippen LogP contribution in [-0.2, 0) is 21.7 Å². The minimum Gasteiger partial charge on any atom is -0.319 e. The first-order valence-electron chi connectivity index (χ1n) is 9.11. The van der Waals surface area contributed by atoms with Gasteiger partial charge in [-0.1, -0.05) is 29.0 Å². The van der Waals surface area contributed by atoms with E-state index < -0.39 is 9.84 Å². The van der Waals surface area contributed by atoms with Crippen molar-refractivity contribution in [3.05, 3.63) is 57.9 Å². The predicted molar refractivity (Wildman–Crippen MR) is 113 cm³/mol. The van der Waals surface area contributed by atoms with Crippen LogP contribution in [0.25, 0.3) is 10.2 Å². The summed E-state index contributed by atoms with van der Waals surface area (Å²) < 4.78 is 27.7. The van der Waals surface area contributed by atoms with Gasteiger partial charge in [0.2, 0.25) is 5.91 Å². The molecule has 0 spiro atoms. The van der Waals surface area contributed by atoms with Gasteiger partial charge in [0, 0.05) is 13.5 Å². The van der Waals surface area contributed by atoms with Gasteiger partial charge >= 0.3 is 0 Å². The summed E-state index contributed by atoms with van der Waals surface area (Å²) in [6, 6.07) is 11.0. The van der Waals surface area contributed by atoms with Crippen LogP contribution in [0.3, 0.4) is 0 Å². The zero-order valence-corrected chi connectivity index (χ0v) is 18.2. The third kappa shape index (κ3) is 4.42. The number of nitrogens with zero attached hydrogens (tertiary/aromatic N) is 2. The van der Waals surface area contributed by atoms with E-state index in [1.165, 1.54) is 22.5 Å². The van der Waals surface area contributed by atoms with Gasteiger partial charge in [0.25, 0.3) is 0 Å². The molecule has 148 valence electrons. The molecule has 0 radical (unpaired) electrons. The largest absolute Gasteiger partial charge is 0.319 e. The lowest BCUT2D eigenvalue weighted by molar-refractivity contribution is -0.118. The Morgan fingerprint density at radius 2 is 1.71 bits per heavy atom. The van der Waals surface area contributed by atoms with Gasteiger partial charge in [-0.15, -0.1) is 0 Å². The zero-order valence-electron chi connectivity index (χ0n) is 16.5. The number of carbonyl (C=O) groups excluding carboxylic acids is 1. The van der Waals surface area contributed by atoms with E-state index in [9.17, 15) is 13.2 Å². The average molecular weight is 417 g/mol. The molecule has 1 amide bonds. The van der Waals surface area contributed by atoms with Crippen molar-refractivity contribution >= 4 is 37.3 Å². The molecule has 0 aliphatic rings. The Kier molecular flexibility index (Phi) is 5.86. The smallest absolute Gasteiger partial charge is 0.248 e. The van der Waals surface area contributed by atoms with E-state index in [0.717, 1.165) is 15.8 Å². The molecule has 3 aromatic rings. The number of hydrogen-bond donors (Lipinski definition) is 0. The van der Waals surface area contributed by atoms with Gasteiger partial charge in [0.05, 0.1) is 20.9 Å². The molecule has 0 aliphatic carbocycles. The summed E-state index contributed by atoms with van der Waals surface area (Å²) in [5.74, 6) is -0.358. The maximum atomic E-state index is 12.4. The van der Waals surface area contributed by atoms with E-state index in [0.29, 0.717) is 9.70 Å². The van der Waals surface area contributed by atoms with Crippen LogP contribution in [0.4, 0.5) is 0 Å². The van der Waals surface area contributed by atoms with Gasteiger partial charge in [0.1, 0.15) is 0 Å². The van der Waals surface area contributed by atoms with Gasteiger partial charge < -0.3 is 4.57 Å². The average Bonchev–Trinajstić information content (AvgIpc) is 2.91. The van der Waals surface area contributed by atoms with E-state index in [2.05, 4.69) is 31.0 Å². The zero-order chi connectivity index (χ0) is 20.5. The van der Waals surface area contributed by atoms with Crippen molar-refractivity contribution in [3.63, 3.8) is 0 Å². The fourth-order valence-electron chi connectivity index (χ4n) is 2.93. The highest BCUT2D eigenvalue weighted by atomic mass is 32.2. The van der Waals surface area contributed by atoms with E-state index in [-0.39, 0.29) is 24.5 Å². The van der Waals surface area contributed by atoms with Gasteiger partial charge in [-0.2, -0.15) is 4.99 Å². The van der Waals surface area contributed by atoms with Crippen LogP contribution >= 0.6 is 11.3 Å². The summed E-state index contributed by atoms with van der Waals surface area (Å²) in [6.07, 6.45) is 0.364. The highest BCUT2D eigenvalue weighted by Gasteiger charge is 2.15. The Labute approximate surface area is 169 Å². The van der Waals surface area contributed by atoms with Gasteiger partial charge in [-0.3, -0.25) is 4.79 Å². The molecule has 0 unspecified atom stereocenters. The molecule has 3 rings (SSSR count). The lowest BCUT2D eigenvalue weighted by atomic mass is 10.1. The molecule has 1 aromatic heterocycles. The summed E-state index contributed by atoms with van der Waals surface area (Å²) >= 11 is 1.47.